The Hall–Kier alpha value is -3.54. The minimum Gasteiger partial charge on any atom is -0.342 e. The first-order chi connectivity index (χ1) is 16.8. The van der Waals surface area contributed by atoms with E-state index in [9.17, 15) is 14.0 Å². The molecule has 3 aromatic rings. The van der Waals surface area contributed by atoms with Crippen LogP contribution >= 0.6 is 0 Å². The summed E-state index contributed by atoms with van der Waals surface area (Å²) < 4.78 is 13.4. The summed E-state index contributed by atoms with van der Waals surface area (Å²) in [5.41, 5.74) is 2.75. The number of carbonyl (C=O) groups is 2. The number of nitrogens with one attached hydrogen (secondary N) is 1. The van der Waals surface area contributed by atoms with Crippen LogP contribution in [0.1, 0.15) is 55.1 Å². The second-order valence-corrected chi connectivity index (χ2v) is 9.79. The van der Waals surface area contributed by atoms with E-state index in [1.54, 1.807) is 26.0 Å². The molecule has 2 amide bonds. The van der Waals surface area contributed by atoms with Gasteiger partial charge in [0.15, 0.2) is 0 Å². The molecular formula is C29H32FN3O2. The molecule has 1 aliphatic rings. The zero-order chi connectivity index (χ0) is 24.8. The third kappa shape index (κ3) is 6.53. The average Bonchev–Trinajstić information content (AvgIpc) is 2.84. The summed E-state index contributed by atoms with van der Waals surface area (Å²) in [5, 5.41) is 2.84. The van der Waals surface area contributed by atoms with Crippen molar-refractivity contribution in [2.24, 2.45) is 0 Å². The number of aromatic nitrogens is 1. The Balaban J connectivity index is 1.39. The second-order valence-electron chi connectivity index (χ2n) is 9.79. The maximum absolute atomic E-state index is 13.4. The van der Waals surface area contributed by atoms with E-state index in [4.69, 9.17) is 4.98 Å². The zero-order valence-corrected chi connectivity index (χ0v) is 20.3. The minimum absolute atomic E-state index is 0.0230. The van der Waals surface area contributed by atoms with Gasteiger partial charge in [-0.2, -0.15) is 0 Å². The van der Waals surface area contributed by atoms with Gasteiger partial charge in [-0.3, -0.25) is 14.6 Å². The van der Waals surface area contributed by atoms with Crippen LogP contribution in [0.4, 0.5) is 4.39 Å². The summed E-state index contributed by atoms with van der Waals surface area (Å²) in [6, 6.07) is 22.3. The molecule has 0 spiro atoms. The van der Waals surface area contributed by atoms with Gasteiger partial charge in [0.2, 0.25) is 11.8 Å². The molecule has 6 heteroatoms. The van der Waals surface area contributed by atoms with Crippen molar-refractivity contribution in [1.82, 2.24) is 15.2 Å². The quantitative estimate of drug-likeness (QED) is 0.543. The number of benzene rings is 2. The Morgan fingerprint density at radius 3 is 2.54 bits per heavy atom. The molecule has 1 unspecified atom stereocenters. The van der Waals surface area contributed by atoms with Gasteiger partial charge in [-0.1, -0.05) is 48.5 Å². The van der Waals surface area contributed by atoms with Crippen LogP contribution in [0.5, 0.6) is 0 Å². The van der Waals surface area contributed by atoms with E-state index < -0.39 is 5.54 Å². The lowest BCUT2D eigenvalue weighted by Crippen LogP contribution is -2.57. The molecule has 5 nitrogen and oxygen atoms in total. The Morgan fingerprint density at radius 2 is 1.77 bits per heavy atom. The molecule has 0 bridgehead atoms. The first-order valence-corrected chi connectivity index (χ1v) is 12.1. The number of pyridine rings is 1. The topological polar surface area (TPSA) is 62.3 Å². The van der Waals surface area contributed by atoms with Gasteiger partial charge >= 0.3 is 0 Å². The van der Waals surface area contributed by atoms with E-state index >= 15 is 0 Å². The molecule has 4 rings (SSSR count). The van der Waals surface area contributed by atoms with Crippen molar-refractivity contribution in [2.75, 3.05) is 13.1 Å². The summed E-state index contributed by atoms with van der Waals surface area (Å²) in [4.78, 5) is 32.7. The standard InChI is InChI=1S/C29H32FN3O2/c1-29(2,32-27(34)19-22-11-6-13-24(30)17-22)28(35)33-16-8-12-23(20-33)26-15-7-14-25(31-26)18-21-9-4-3-5-10-21/h3-7,9-11,13-15,17,23H,8,12,16,18-20H2,1-2H3,(H,32,34). The predicted molar refractivity (Wildman–Crippen MR) is 134 cm³/mol. The van der Waals surface area contributed by atoms with Crippen LogP contribution < -0.4 is 5.32 Å². The maximum atomic E-state index is 13.4. The molecule has 1 saturated heterocycles. The molecule has 2 heterocycles. The highest BCUT2D eigenvalue weighted by Gasteiger charge is 2.36. The number of carbonyl (C=O) groups excluding carboxylic acids is 2. The van der Waals surface area contributed by atoms with Crippen molar-refractivity contribution in [2.45, 2.75) is 51.0 Å². The number of hydrogen-bond acceptors (Lipinski definition) is 3. The minimum atomic E-state index is -1.06. The molecule has 35 heavy (non-hydrogen) atoms. The van der Waals surface area contributed by atoms with Gasteiger partial charge in [0.05, 0.1) is 6.42 Å². The summed E-state index contributed by atoms with van der Waals surface area (Å²) in [6.07, 6.45) is 2.65. The van der Waals surface area contributed by atoms with Gasteiger partial charge < -0.3 is 10.2 Å². The number of rotatable bonds is 7. The van der Waals surface area contributed by atoms with Gasteiger partial charge in [-0.25, -0.2) is 4.39 Å². The van der Waals surface area contributed by atoms with E-state index in [0.29, 0.717) is 18.7 Å². The van der Waals surface area contributed by atoms with Crippen LogP contribution in [0, 0.1) is 5.82 Å². The lowest BCUT2D eigenvalue weighted by Gasteiger charge is -2.38. The number of amides is 2. The number of halogens is 1. The van der Waals surface area contributed by atoms with Gasteiger partial charge in [0.25, 0.3) is 0 Å². The van der Waals surface area contributed by atoms with Crippen molar-refractivity contribution >= 4 is 11.8 Å². The molecule has 0 saturated carbocycles. The highest BCUT2D eigenvalue weighted by Crippen LogP contribution is 2.27. The summed E-state index contributed by atoms with van der Waals surface area (Å²) >= 11 is 0. The third-order valence-electron chi connectivity index (χ3n) is 6.42. The van der Waals surface area contributed by atoms with Crippen LogP contribution in [0.2, 0.25) is 0 Å². The number of piperidine rings is 1. The SMILES string of the molecule is CC(C)(NC(=O)Cc1cccc(F)c1)C(=O)N1CCCC(c2cccc(Cc3ccccc3)n2)C1. The highest BCUT2D eigenvalue weighted by atomic mass is 19.1. The van der Waals surface area contributed by atoms with Crippen molar-refractivity contribution < 1.29 is 14.0 Å². The Kier molecular flexibility index (Phi) is 7.59. The molecule has 2 aromatic carbocycles. The van der Waals surface area contributed by atoms with E-state index in [2.05, 4.69) is 17.4 Å². The first-order valence-electron chi connectivity index (χ1n) is 12.1. The summed E-state index contributed by atoms with van der Waals surface area (Å²) in [6.45, 7) is 4.67. The molecule has 182 valence electrons. The van der Waals surface area contributed by atoms with E-state index in [1.165, 1.54) is 17.7 Å². The van der Waals surface area contributed by atoms with Gasteiger partial charge in [0.1, 0.15) is 11.4 Å². The fourth-order valence-electron chi connectivity index (χ4n) is 4.71. The second kappa shape index (κ2) is 10.8. The maximum Gasteiger partial charge on any atom is 0.247 e. The lowest BCUT2D eigenvalue weighted by atomic mass is 9.92. The van der Waals surface area contributed by atoms with Crippen LogP contribution in [0.25, 0.3) is 0 Å². The van der Waals surface area contributed by atoms with Crippen LogP contribution in [0.15, 0.2) is 72.8 Å². The van der Waals surface area contributed by atoms with Gasteiger partial charge in [0, 0.05) is 36.8 Å². The van der Waals surface area contributed by atoms with Gasteiger partial charge in [-0.15, -0.1) is 0 Å². The van der Waals surface area contributed by atoms with Crippen LogP contribution in [-0.4, -0.2) is 40.3 Å². The fourth-order valence-corrected chi connectivity index (χ4v) is 4.71. The van der Waals surface area contributed by atoms with Crippen molar-refractivity contribution in [3.63, 3.8) is 0 Å². The zero-order valence-electron chi connectivity index (χ0n) is 20.3. The van der Waals surface area contributed by atoms with Crippen molar-refractivity contribution in [1.29, 1.82) is 0 Å². The smallest absolute Gasteiger partial charge is 0.247 e. The van der Waals surface area contributed by atoms with Crippen LogP contribution in [0.3, 0.4) is 0 Å². The number of nitrogens with zero attached hydrogens (tertiary/aromatic N) is 2. The highest BCUT2D eigenvalue weighted by molar-refractivity contribution is 5.91. The summed E-state index contributed by atoms with van der Waals surface area (Å²) in [7, 11) is 0. The molecule has 1 aliphatic heterocycles. The normalized spacial score (nSPS) is 16.1. The number of likely N-dealkylation sites (tertiary alicyclic amines) is 1. The molecular weight excluding hydrogens is 441 g/mol. The molecule has 1 fully saturated rings. The molecule has 1 aromatic heterocycles. The molecule has 0 radical (unpaired) electrons. The summed E-state index contributed by atoms with van der Waals surface area (Å²) in [5.74, 6) is -0.651. The van der Waals surface area contributed by atoms with Crippen molar-refractivity contribution in [3.05, 3.63) is 101 Å². The van der Waals surface area contributed by atoms with Crippen LogP contribution in [-0.2, 0) is 22.4 Å². The van der Waals surface area contributed by atoms with E-state index in [0.717, 1.165) is 30.7 Å². The average molecular weight is 474 g/mol. The van der Waals surface area contributed by atoms with E-state index in [-0.39, 0.29) is 30.0 Å². The largest absolute Gasteiger partial charge is 0.342 e. The molecule has 1 atom stereocenters. The molecule has 0 aliphatic carbocycles. The number of hydrogen-bond donors (Lipinski definition) is 1. The molecule has 1 N–H and O–H groups in total. The third-order valence-corrected chi connectivity index (χ3v) is 6.42. The monoisotopic (exact) mass is 473 g/mol. The van der Waals surface area contributed by atoms with Crippen molar-refractivity contribution in [3.8, 4) is 0 Å². The van der Waals surface area contributed by atoms with E-state index in [1.807, 2.05) is 41.3 Å². The Labute approximate surface area is 206 Å². The first kappa shape index (κ1) is 24.6. The lowest BCUT2D eigenvalue weighted by molar-refractivity contribution is -0.141. The predicted octanol–water partition coefficient (Wildman–Crippen LogP) is 4.66. The Bertz CT molecular complexity index is 1180. The Morgan fingerprint density at radius 1 is 1.03 bits per heavy atom. The van der Waals surface area contributed by atoms with Gasteiger partial charge in [-0.05, 0) is 62.1 Å². The fraction of sp³-hybridized carbons (Fsp3) is 0.345.